The number of H-pyrrole nitrogens is 1. The number of nitrogens with one attached hydrogen (secondary N) is 1. The first-order valence-electron chi connectivity index (χ1n) is 2.74. The largest absolute Gasteiger partial charge is 0.289 e. The van der Waals surface area contributed by atoms with Gasteiger partial charge in [-0.3, -0.25) is 4.57 Å². The Morgan fingerprint density at radius 3 is 3.20 bits per heavy atom. The molecule has 0 aliphatic rings. The maximum atomic E-state index is 3.85. The molecule has 2 heterocycles. The molecule has 0 atom stereocenters. The first-order valence-corrected chi connectivity index (χ1v) is 2.74. The number of nitrogens with zero attached hydrogens (tertiary/aromatic N) is 4. The molecule has 0 aliphatic carbocycles. The third-order valence-electron chi connectivity index (χ3n) is 1.12. The highest BCUT2D eigenvalue weighted by molar-refractivity contribution is 5.12. The van der Waals surface area contributed by atoms with Gasteiger partial charge in [-0.2, -0.15) is 0 Å². The normalized spacial score (nSPS) is 10.0. The van der Waals surface area contributed by atoms with Crippen molar-refractivity contribution in [3.05, 3.63) is 24.9 Å². The molecular formula is C5H4N5. The van der Waals surface area contributed by atoms with Crippen molar-refractivity contribution < 1.29 is 0 Å². The molecule has 0 spiro atoms. The van der Waals surface area contributed by atoms with Crippen LogP contribution in [0.1, 0.15) is 0 Å². The molecule has 2 aromatic rings. The fourth-order valence-corrected chi connectivity index (χ4v) is 0.677. The summed E-state index contributed by atoms with van der Waals surface area (Å²) >= 11 is 0. The minimum Gasteiger partial charge on any atom is -0.289 e. The maximum absolute atomic E-state index is 3.85. The highest BCUT2D eigenvalue weighted by atomic mass is 15.4. The van der Waals surface area contributed by atoms with E-state index in [1.807, 2.05) is 0 Å². The lowest BCUT2D eigenvalue weighted by Crippen LogP contribution is -1.88. The van der Waals surface area contributed by atoms with Gasteiger partial charge in [0.15, 0.2) is 12.0 Å². The van der Waals surface area contributed by atoms with E-state index in [4.69, 9.17) is 0 Å². The molecular weight excluding hydrogens is 130 g/mol. The lowest BCUT2D eigenvalue weighted by atomic mass is 10.7. The van der Waals surface area contributed by atoms with Gasteiger partial charge in [0.1, 0.15) is 6.33 Å². The number of aromatic nitrogens is 5. The summed E-state index contributed by atoms with van der Waals surface area (Å²) in [6.07, 6.45) is 7.75. The zero-order valence-corrected chi connectivity index (χ0v) is 5.02. The van der Waals surface area contributed by atoms with Crippen LogP contribution in [0, 0.1) is 6.20 Å². The first kappa shape index (κ1) is 5.16. The van der Waals surface area contributed by atoms with Gasteiger partial charge in [-0.25, -0.2) is 10.1 Å². The van der Waals surface area contributed by atoms with Crippen molar-refractivity contribution in [1.82, 2.24) is 25.0 Å². The van der Waals surface area contributed by atoms with E-state index >= 15 is 0 Å². The van der Waals surface area contributed by atoms with Crippen LogP contribution in [0.25, 0.3) is 5.82 Å². The minimum absolute atomic E-state index is 0.692. The molecule has 0 saturated heterocycles. The van der Waals surface area contributed by atoms with E-state index in [1.165, 1.54) is 0 Å². The van der Waals surface area contributed by atoms with Gasteiger partial charge in [-0.05, 0) is 0 Å². The summed E-state index contributed by atoms with van der Waals surface area (Å²) in [5, 5.41) is 9.64. The van der Waals surface area contributed by atoms with Crippen molar-refractivity contribution in [3.8, 4) is 5.82 Å². The third kappa shape index (κ3) is 0.680. The van der Waals surface area contributed by atoms with Crippen LogP contribution in [0.5, 0.6) is 0 Å². The average molecular weight is 134 g/mol. The second-order valence-electron chi connectivity index (χ2n) is 1.74. The zero-order chi connectivity index (χ0) is 6.81. The Bertz CT molecular complexity index is 249. The van der Waals surface area contributed by atoms with Crippen molar-refractivity contribution in [2.75, 3.05) is 0 Å². The van der Waals surface area contributed by atoms with Crippen LogP contribution in [0.3, 0.4) is 0 Å². The molecule has 0 aromatic carbocycles. The van der Waals surface area contributed by atoms with Gasteiger partial charge in [0, 0.05) is 12.4 Å². The topological polar surface area (TPSA) is 59.4 Å². The highest BCUT2D eigenvalue weighted by Gasteiger charge is 1.94. The number of imidazole rings is 1. The SMILES string of the molecule is [c]1nn[nH]c1-n1ccnc1. The summed E-state index contributed by atoms with van der Waals surface area (Å²) in [4.78, 5) is 3.85. The molecule has 1 N–H and O–H groups in total. The Morgan fingerprint density at radius 1 is 1.60 bits per heavy atom. The Kier molecular flexibility index (Phi) is 1.00. The molecule has 5 heteroatoms. The van der Waals surface area contributed by atoms with E-state index in [1.54, 1.807) is 23.3 Å². The quantitative estimate of drug-likeness (QED) is 0.587. The summed E-state index contributed by atoms with van der Waals surface area (Å²) in [5.74, 6) is 0.692. The molecule has 2 aromatic heterocycles. The van der Waals surface area contributed by atoms with Gasteiger partial charge < -0.3 is 0 Å². The molecule has 49 valence electrons. The number of aromatic amines is 1. The molecule has 0 unspecified atom stereocenters. The van der Waals surface area contributed by atoms with Crippen molar-refractivity contribution >= 4 is 0 Å². The van der Waals surface area contributed by atoms with Crippen LogP contribution in [0.4, 0.5) is 0 Å². The summed E-state index contributed by atoms with van der Waals surface area (Å²) in [5.41, 5.74) is 0. The summed E-state index contributed by atoms with van der Waals surface area (Å²) < 4.78 is 1.74. The Labute approximate surface area is 56.7 Å². The molecule has 0 bridgehead atoms. The summed E-state index contributed by atoms with van der Waals surface area (Å²) in [6.45, 7) is 0. The predicted octanol–water partition coefficient (Wildman–Crippen LogP) is -0.209. The number of hydrogen-bond donors (Lipinski definition) is 1. The Hall–Kier alpha value is -1.65. The maximum Gasteiger partial charge on any atom is 0.164 e. The molecule has 0 aliphatic heterocycles. The fourth-order valence-electron chi connectivity index (χ4n) is 0.677. The number of rotatable bonds is 1. The summed E-state index contributed by atoms with van der Waals surface area (Å²) in [6, 6.07) is 0. The predicted molar refractivity (Wildman–Crippen MR) is 32.3 cm³/mol. The van der Waals surface area contributed by atoms with Gasteiger partial charge in [-0.1, -0.05) is 5.21 Å². The lowest BCUT2D eigenvalue weighted by molar-refractivity contribution is 0.905. The zero-order valence-electron chi connectivity index (χ0n) is 5.02. The second kappa shape index (κ2) is 1.94. The fraction of sp³-hybridized carbons (Fsp3) is 0. The van der Waals surface area contributed by atoms with Gasteiger partial charge in [0.05, 0.1) is 0 Å². The van der Waals surface area contributed by atoms with Gasteiger partial charge in [-0.15, -0.1) is 5.10 Å². The van der Waals surface area contributed by atoms with E-state index in [0.29, 0.717) is 5.82 Å². The van der Waals surface area contributed by atoms with E-state index < -0.39 is 0 Å². The van der Waals surface area contributed by atoms with Crippen molar-refractivity contribution in [1.29, 1.82) is 0 Å². The van der Waals surface area contributed by atoms with Crippen molar-refractivity contribution in [3.63, 3.8) is 0 Å². The van der Waals surface area contributed by atoms with Crippen LogP contribution in [0.15, 0.2) is 18.7 Å². The molecule has 10 heavy (non-hydrogen) atoms. The van der Waals surface area contributed by atoms with Crippen molar-refractivity contribution in [2.45, 2.75) is 0 Å². The summed E-state index contributed by atoms with van der Waals surface area (Å²) in [7, 11) is 0. The van der Waals surface area contributed by atoms with Gasteiger partial charge >= 0.3 is 0 Å². The average Bonchev–Trinajstić information content (AvgIpc) is 2.59. The van der Waals surface area contributed by atoms with Crippen LogP contribution in [-0.4, -0.2) is 25.0 Å². The molecule has 2 rings (SSSR count). The molecule has 0 amide bonds. The van der Waals surface area contributed by atoms with Gasteiger partial charge in [0.25, 0.3) is 0 Å². The monoisotopic (exact) mass is 134 g/mol. The second-order valence-corrected chi connectivity index (χ2v) is 1.74. The Morgan fingerprint density at radius 2 is 2.60 bits per heavy atom. The third-order valence-corrected chi connectivity index (χ3v) is 1.12. The van der Waals surface area contributed by atoms with Crippen molar-refractivity contribution in [2.24, 2.45) is 0 Å². The number of hydrogen-bond acceptors (Lipinski definition) is 3. The van der Waals surface area contributed by atoms with Gasteiger partial charge in [0.2, 0.25) is 0 Å². The molecule has 0 fully saturated rings. The smallest absolute Gasteiger partial charge is 0.164 e. The van der Waals surface area contributed by atoms with Crippen LogP contribution in [0.2, 0.25) is 0 Å². The van der Waals surface area contributed by atoms with E-state index in [0.717, 1.165) is 0 Å². The Balaban J connectivity index is 2.48. The molecule has 5 nitrogen and oxygen atoms in total. The van der Waals surface area contributed by atoms with Crippen LogP contribution in [-0.2, 0) is 0 Å². The molecule has 0 saturated carbocycles. The minimum atomic E-state index is 0.692. The highest BCUT2D eigenvalue weighted by Crippen LogP contribution is 1.95. The van der Waals surface area contributed by atoms with E-state index in [2.05, 4.69) is 26.6 Å². The van der Waals surface area contributed by atoms with E-state index in [9.17, 15) is 0 Å². The molecule has 1 radical (unpaired) electrons. The first-order chi connectivity index (χ1) is 4.97. The lowest BCUT2D eigenvalue weighted by Gasteiger charge is -1.90. The van der Waals surface area contributed by atoms with Crippen LogP contribution >= 0.6 is 0 Å². The standard InChI is InChI=1S/C5H4N5/c1-2-10(4-6-1)5-3-7-9-8-5/h1-2,4H,(H,7,8,9). The van der Waals surface area contributed by atoms with Crippen LogP contribution < -0.4 is 0 Å². The van der Waals surface area contributed by atoms with E-state index in [-0.39, 0.29) is 0 Å².